The van der Waals surface area contributed by atoms with Gasteiger partial charge in [-0.25, -0.2) is 8.42 Å². The lowest BCUT2D eigenvalue weighted by molar-refractivity contribution is -0.141. The van der Waals surface area contributed by atoms with E-state index in [1.807, 2.05) is 45.0 Å². The zero-order valence-electron chi connectivity index (χ0n) is 23.0. The van der Waals surface area contributed by atoms with Crippen molar-refractivity contribution >= 4 is 39.1 Å². The molecule has 0 radical (unpaired) electrons. The number of sulfonamides is 1. The summed E-state index contributed by atoms with van der Waals surface area (Å²) in [4.78, 5) is 28.2. The summed E-state index contributed by atoms with van der Waals surface area (Å²) in [5, 5.41) is 3.38. The lowest BCUT2D eigenvalue weighted by atomic mass is 10.1. The van der Waals surface area contributed by atoms with Gasteiger partial charge >= 0.3 is 0 Å². The summed E-state index contributed by atoms with van der Waals surface area (Å²) in [6.45, 7) is 6.64. The van der Waals surface area contributed by atoms with Crippen molar-refractivity contribution in [3.05, 3.63) is 58.6 Å². The fraction of sp³-hybridized carbons (Fsp3) is 0.500. The third kappa shape index (κ3) is 9.20. The monoisotopic (exact) mass is 565 g/mol. The van der Waals surface area contributed by atoms with Gasteiger partial charge in [-0.1, -0.05) is 50.1 Å². The van der Waals surface area contributed by atoms with Gasteiger partial charge < -0.3 is 15.0 Å². The highest BCUT2D eigenvalue weighted by molar-refractivity contribution is 7.92. The zero-order chi connectivity index (χ0) is 28.3. The molecule has 0 saturated heterocycles. The van der Waals surface area contributed by atoms with E-state index in [1.54, 1.807) is 30.2 Å². The summed E-state index contributed by atoms with van der Waals surface area (Å²) in [6, 6.07) is 11.8. The van der Waals surface area contributed by atoms with Crippen molar-refractivity contribution in [2.45, 2.75) is 65.5 Å². The molecule has 0 spiro atoms. The Kier molecular flexibility index (Phi) is 12.4. The molecule has 210 valence electrons. The number of anilines is 1. The molecule has 8 nitrogen and oxygen atoms in total. The van der Waals surface area contributed by atoms with E-state index in [4.69, 9.17) is 16.3 Å². The van der Waals surface area contributed by atoms with E-state index in [9.17, 15) is 18.0 Å². The number of rotatable bonds is 15. The van der Waals surface area contributed by atoms with Crippen LogP contribution in [-0.4, -0.2) is 57.6 Å². The quantitative estimate of drug-likeness (QED) is 0.309. The van der Waals surface area contributed by atoms with Crippen molar-refractivity contribution in [1.82, 2.24) is 10.2 Å². The predicted molar refractivity (Wildman–Crippen MR) is 153 cm³/mol. The maximum absolute atomic E-state index is 13.6. The van der Waals surface area contributed by atoms with Crippen LogP contribution in [0.25, 0.3) is 0 Å². The van der Waals surface area contributed by atoms with E-state index in [1.165, 1.54) is 4.31 Å². The molecule has 0 aliphatic carbocycles. The highest BCUT2D eigenvalue weighted by atomic mass is 35.5. The maximum atomic E-state index is 13.6. The average molecular weight is 566 g/mol. The van der Waals surface area contributed by atoms with Crippen LogP contribution in [0.2, 0.25) is 5.02 Å². The van der Waals surface area contributed by atoms with Gasteiger partial charge in [-0.3, -0.25) is 13.9 Å². The molecule has 0 heterocycles. The zero-order valence-corrected chi connectivity index (χ0v) is 24.6. The van der Waals surface area contributed by atoms with E-state index in [0.29, 0.717) is 29.4 Å². The second kappa shape index (κ2) is 15.0. The third-order valence-electron chi connectivity index (χ3n) is 6.29. The van der Waals surface area contributed by atoms with Crippen molar-refractivity contribution in [1.29, 1.82) is 0 Å². The molecule has 0 bridgehead atoms. The summed E-state index contributed by atoms with van der Waals surface area (Å²) in [7, 11) is -2.03. The number of hydrogen-bond donors (Lipinski definition) is 1. The second-order valence-corrected chi connectivity index (χ2v) is 11.7. The van der Waals surface area contributed by atoms with Gasteiger partial charge in [0.05, 0.1) is 19.1 Å². The Labute approximate surface area is 232 Å². The number of carbonyl (C=O) groups is 2. The van der Waals surface area contributed by atoms with Crippen LogP contribution in [0.4, 0.5) is 5.69 Å². The van der Waals surface area contributed by atoms with E-state index < -0.39 is 16.1 Å². The van der Waals surface area contributed by atoms with Crippen LogP contribution in [0.1, 0.15) is 57.1 Å². The van der Waals surface area contributed by atoms with Crippen LogP contribution >= 0.6 is 11.6 Å². The average Bonchev–Trinajstić information content (AvgIpc) is 2.87. The van der Waals surface area contributed by atoms with Gasteiger partial charge in [0.2, 0.25) is 21.8 Å². The van der Waals surface area contributed by atoms with Gasteiger partial charge in [0.15, 0.2) is 0 Å². The van der Waals surface area contributed by atoms with Gasteiger partial charge in [-0.05, 0) is 61.6 Å². The molecule has 2 amide bonds. The summed E-state index contributed by atoms with van der Waals surface area (Å²) in [5.41, 5.74) is 2.09. The Bertz CT molecular complexity index is 1190. The van der Waals surface area contributed by atoms with Crippen LogP contribution in [-0.2, 0) is 26.2 Å². The number of nitrogens with zero attached hydrogens (tertiary/aromatic N) is 2. The lowest BCUT2D eigenvalue weighted by Gasteiger charge is -2.31. The molecule has 2 aromatic rings. The number of halogens is 1. The second-order valence-electron chi connectivity index (χ2n) is 9.31. The number of aryl methyl sites for hydroxylation is 1. The van der Waals surface area contributed by atoms with Crippen molar-refractivity contribution in [2.75, 3.05) is 30.8 Å². The first-order valence-electron chi connectivity index (χ1n) is 13.0. The number of hydrogen-bond acceptors (Lipinski definition) is 5. The fourth-order valence-corrected chi connectivity index (χ4v) is 5.41. The van der Waals surface area contributed by atoms with E-state index in [2.05, 4.69) is 5.32 Å². The first kappa shape index (κ1) is 31.4. The predicted octanol–water partition coefficient (Wildman–Crippen LogP) is 4.93. The molecule has 1 atom stereocenters. The van der Waals surface area contributed by atoms with Gasteiger partial charge in [0.25, 0.3) is 0 Å². The Balaban J connectivity index is 2.25. The third-order valence-corrected chi connectivity index (χ3v) is 7.71. The Morgan fingerprint density at radius 3 is 2.47 bits per heavy atom. The highest BCUT2D eigenvalue weighted by Crippen LogP contribution is 2.27. The summed E-state index contributed by atoms with van der Waals surface area (Å²) < 4.78 is 31.8. The largest absolute Gasteiger partial charge is 0.497 e. The lowest BCUT2D eigenvalue weighted by Crippen LogP contribution is -2.49. The van der Waals surface area contributed by atoms with Crippen LogP contribution < -0.4 is 14.4 Å². The smallest absolute Gasteiger partial charge is 0.242 e. The van der Waals surface area contributed by atoms with Gasteiger partial charge in [-0.2, -0.15) is 0 Å². The van der Waals surface area contributed by atoms with Crippen LogP contribution in [0, 0.1) is 6.92 Å². The first-order chi connectivity index (χ1) is 18.0. The van der Waals surface area contributed by atoms with E-state index in [-0.39, 0.29) is 37.7 Å². The van der Waals surface area contributed by atoms with Crippen LogP contribution in [0.5, 0.6) is 5.75 Å². The molecule has 2 rings (SSSR count). The number of unbranched alkanes of at least 4 members (excludes halogenated alkanes) is 1. The number of ether oxygens (including phenoxy) is 1. The van der Waals surface area contributed by atoms with Gasteiger partial charge in [-0.15, -0.1) is 0 Å². The van der Waals surface area contributed by atoms with E-state index >= 15 is 0 Å². The van der Waals surface area contributed by atoms with Crippen molar-refractivity contribution in [2.24, 2.45) is 0 Å². The van der Waals surface area contributed by atoms with Crippen LogP contribution in [0.3, 0.4) is 0 Å². The van der Waals surface area contributed by atoms with Crippen molar-refractivity contribution in [3.8, 4) is 5.75 Å². The summed E-state index contributed by atoms with van der Waals surface area (Å²) in [5.74, 6) is 0.252. The molecule has 0 unspecified atom stereocenters. The molecule has 38 heavy (non-hydrogen) atoms. The SMILES string of the molecule is CCCCNC(=O)[C@H](CC)N(Cc1cccc(OC)c1)C(=O)CCCN(c1cc(Cl)ccc1C)S(C)(=O)=O. The number of amides is 2. The minimum atomic E-state index is -3.61. The van der Waals surface area contributed by atoms with Crippen molar-refractivity contribution in [3.63, 3.8) is 0 Å². The van der Waals surface area contributed by atoms with Crippen molar-refractivity contribution < 1.29 is 22.7 Å². The molecular weight excluding hydrogens is 526 g/mol. The maximum Gasteiger partial charge on any atom is 0.242 e. The number of methoxy groups -OCH3 is 1. The molecule has 2 aromatic carbocycles. The normalized spacial score (nSPS) is 12.1. The molecule has 0 fully saturated rings. The van der Waals surface area contributed by atoms with Gasteiger partial charge in [0.1, 0.15) is 11.8 Å². The summed E-state index contributed by atoms with van der Waals surface area (Å²) >= 11 is 6.13. The molecule has 0 aliphatic rings. The molecule has 0 saturated carbocycles. The highest BCUT2D eigenvalue weighted by Gasteiger charge is 2.29. The molecule has 0 aliphatic heterocycles. The van der Waals surface area contributed by atoms with Gasteiger partial charge in [0, 0.05) is 31.1 Å². The number of benzene rings is 2. The topological polar surface area (TPSA) is 96.0 Å². The minimum Gasteiger partial charge on any atom is -0.497 e. The Hall–Kier alpha value is -2.78. The minimum absolute atomic E-state index is 0.0777. The Morgan fingerprint density at radius 1 is 1.11 bits per heavy atom. The summed E-state index contributed by atoms with van der Waals surface area (Å²) in [6.07, 6.45) is 3.75. The molecule has 1 N–H and O–H groups in total. The number of nitrogens with one attached hydrogen (secondary N) is 1. The molecule has 0 aromatic heterocycles. The molecular formula is C28H40ClN3O5S. The standard InChI is InChI=1S/C28H40ClN3O5S/c1-6-8-16-30-28(34)25(7-2)31(20-22-11-9-12-24(18-22)37-4)27(33)13-10-17-32(38(5,35)36)26-19-23(29)15-14-21(26)3/h9,11-12,14-15,18-19,25H,6-8,10,13,16-17,20H2,1-5H3,(H,30,34)/t25-/m0/s1. The van der Waals surface area contributed by atoms with E-state index in [0.717, 1.165) is 30.2 Å². The Morgan fingerprint density at radius 2 is 1.84 bits per heavy atom. The first-order valence-corrected chi connectivity index (χ1v) is 15.2. The molecule has 10 heteroatoms. The fourth-order valence-electron chi connectivity index (χ4n) is 4.23. The number of carbonyl (C=O) groups excluding carboxylic acids is 2. The van der Waals surface area contributed by atoms with Crippen LogP contribution in [0.15, 0.2) is 42.5 Å².